The second kappa shape index (κ2) is 9.01. The molecule has 8 nitrogen and oxygen atoms in total. The lowest BCUT2D eigenvalue weighted by molar-refractivity contribution is -0.126. The summed E-state index contributed by atoms with van der Waals surface area (Å²) in [5.41, 5.74) is 0.891. The monoisotopic (exact) mass is 397 g/mol. The van der Waals surface area contributed by atoms with Gasteiger partial charge in [-0.05, 0) is 18.9 Å². The Balaban J connectivity index is 1.59. The average molecular weight is 397 g/mol. The molecule has 2 saturated heterocycles. The third-order valence-corrected chi connectivity index (χ3v) is 7.03. The van der Waals surface area contributed by atoms with Crippen molar-refractivity contribution in [1.82, 2.24) is 13.9 Å². The lowest BCUT2D eigenvalue weighted by Gasteiger charge is -2.36. The summed E-state index contributed by atoms with van der Waals surface area (Å²) in [7, 11) is -1.95. The van der Waals surface area contributed by atoms with Gasteiger partial charge in [0.2, 0.25) is 5.91 Å². The SMILES string of the molecule is COc1ccccc1CNC(=O)C1CCCN(S(=O)(=O)N2CCOCC2)C1. The highest BCUT2D eigenvalue weighted by Crippen LogP contribution is 2.23. The maximum absolute atomic E-state index is 12.8. The van der Waals surface area contributed by atoms with Gasteiger partial charge in [0, 0.05) is 38.3 Å². The van der Waals surface area contributed by atoms with E-state index in [1.807, 2.05) is 24.3 Å². The van der Waals surface area contributed by atoms with E-state index in [-0.39, 0.29) is 18.4 Å². The molecule has 2 fully saturated rings. The summed E-state index contributed by atoms with van der Waals surface area (Å²) < 4.78 is 39.1. The minimum atomic E-state index is -3.54. The van der Waals surface area contributed by atoms with Crippen LogP contribution in [0.3, 0.4) is 0 Å². The fraction of sp³-hybridized carbons (Fsp3) is 0.611. The number of rotatable bonds is 6. The minimum absolute atomic E-state index is 0.122. The van der Waals surface area contributed by atoms with Gasteiger partial charge < -0.3 is 14.8 Å². The number of carbonyl (C=O) groups excluding carboxylic acids is 1. The predicted octanol–water partition coefficient (Wildman–Crippen LogP) is 0.600. The molecule has 2 heterocycles. The molecule has 1 unspecified atom stereocenters. The third kappa shape index (κ3) is 4.78. The van der Waals surface area contributed by atoms with Gasteiger partial charge in [-0.2, -0.15) is 17.0 Å². The quantitative estimate of drug-likeness (QED) is 0.760. The maximum Gasteiger partial charge on any atom is 0.282 e. The van der Waals surface area contributed by atoms with E-state index in [9.17, 15) is 13.2 Å². The van der Waals surface area contributed by atoms with E-state index in [1.165, 1.54) is 8.61 Å². The van der Waals surface area contributed by atoms with Gasteiger partial charge in [0.15, 0.2) is 0 Å². The number of nitrogens with one attached hydrogen (secondary N) is 1. The van der Waals surface area contributed by atoms with Crippen LogP contribution in [0.25, 0.3) is 0 Å². The number of morpholine rings is 1. The van der Waals surface area contributed by atoms with E-state index in [0.29, 0.717) is 52.2 Å². The van der Waals surface area contributed by atoms with Gasteiger partial charge in [-0.25, -0.2) is 0 Å². The summed E-state index contributed by atoms with van der Waals surface area (Å²) in [4.78, 5) is 12.6. The average Bonchev–Trinajstić information content (AvgIpc) is 2.73. The number of para-hydroxylation sites is 1. The first-order valence-corrected chi connectivity index (χ1v) is 10.6. The first kappa shape index (κ1) is 20.1. The van der Waals surface area contributed by atoms with Gasteiger partial charge >= 0.3 is 0 Å². The number of hydrogen-bond acceptors (Lipinski definition) is 5. The van der Waals surface area contributed by atoms with Crippen molar-refractivity contribution in [2.45, 2.75) is 19.4 Å². The summed E-state index contributed by atoms with van der Waals surface area (Å²) in [5, 5.41) is 2.92. The molecule has 1 atom stereocenters. The molecule has 1 N–H and O–H groups in total. The molecular formula is C18H27N3O5S. The van der Waals surface area contributed by atoms with Crippen LogP contribution in [0.2, 0.25) is 0 Å². The smallest absolute Gasteiger partial charge is 0.282 e. The van der Waals surface area contributed by atoms with Crippen LogP contribution in [-0.4, -0.2) is 69.4 Å². The van der Waals surface area contributed by atoms with E-state index >= 15 is 0 Å². The van der Waals surface area contributed by atoms with Crippen LogP contribution in [0, 0.1) is 5.92 Å². The zero-order valence-electron chi connectivity index (χ0n) is 15.6. The molecule has 0 radical (unpaired) electrons. The zero-order valence-corrected chi connectivity index (χ0v) is 16.4. The van der Waals surface area contributed by atoms with Crippen LogP contribution in [0.4, 0.5) is 0 Å². The second-order valence-corrected chi connectivity index (χ2v) is 8.67. The highest BCUT2D eigenvalue weighted by molar-refractivity contribution is 7.86. The Bertz CT molecular complexity index is 749. The second-order valence-electron chi connectivity index (χ2n) is 6.75. The normalized spacial score (nSPS) is 22.3. The Morgan fingerprint density at radius 3 is 2.70 bits per heavy atom. The molecule has 27 heavy (non-hydrogen) atoms. The number of amides is 1. The van der Waals surface area contributed by atoms with Gasteiger partial charge in [-0.3, -0.25) is 4.79 Å². The molecule has 2 aliphatic heterocycles. The summed E-state index contributed by atoms with van der Waals surface area (Å²) >= 11 is 0. The standard InChI is InChI=1S/C18H27N3O5S/c1-25-17-7-3-2-5-15(17)13-19-18(22)16-6-4-8-21(14-16)27(23,24)20-9-11-26-12-10-20/h2-3,5,7,16H,4,6,8-14H2,1H3,(H,19,22). The van der Waals surface area contributed by atoms with Crippen molar-refractivity contribution in [3.05, 3.63) is 29.8 Å². The molecule has 1 aromatic carbocycles. The predicted molar refractivity (Wildman–Crippen MR) is 100 cm³/mol. The minimum Gasteiger partial charge on any atom is -0.496 e. The van der Waals surface area contributed by atoms with Crippen LogP contribution in [0.1, 0.15) is 18.4 Å². The Morgan fingerprint density at radius 2 is 1.96 bits per heavy atom. The summed E-state index contributed by atoms with van der Waals surface area (Å²) in [6, 6.07) is 7.51. The van der Waals surface area contributed by atoms with Crippen molar-refractivity contribution < 1.29 is 22.7 Å². The van der Waals surface area contributed by atoms with Crippen LogP contribution in [0.15, 0.2) is 24.3 Å². The zero-order chi connectivity index (χ0) is 19.3. The Hall–Kier alpha value is -1.68. The van der Waals surface area contributed by atoms with Crippen LogP contribution >= 0.6 is 0 Å². The molecule has 3 rings (SSSR count). The van der Waals surface area contributed by atoms with Crippen LogP contribution in [0.5, 0.6) is 5.75 Å². The largest absolute Gasteiger partial charge is 0.496 e. The number of nitrogens with zero attached hydrogens (tertiary/aromatic N) is 2. The third-order valence-electron chi connectivity index (χ3n) is 5.02. The van der Waals surface area contributed by atoms with E-state index in [1.54, 1.807) is 7.11 Å². The molecule has 9 heteroatoms. The molecule has 150 valence electrons. The molecule has 0 aromatic heterocycles. The van der Waals surface area contributed by atoms with Gasteiger partial charge in [-0.1, -0.05) is 18.2 Å². The highest BCUT2D eigenvalue weighted by atomic mass is 32.2. The van der Waals surface area contributed by atoms with Crippen molar-refractivity contribution in [3.63, 3.8) is 0 Å². The number of benzene rings is 1. The Kier molecular flexibility index (Phi) is 6.69. The molecule has 2 aliphatic rings. The van der Waals surface area contributed by atoms with Gasteiger partial charge in [-0.15, -0.1) is 0 Å². The van der Waals surface area contributed by atoms with E-state index in [2.05, 4.69) is 5.32 Å². The van der Waals surface area contributed by atoms with Crippen molar-refractivity contribution in [3.8, 4) is 5.75 Å². The number of ether oxygens (including phenoxy) is 2. The maximum atomic E-state index is 12.8. The van der Waals surface area contributed by atoms with Crippen molar-refractivity contribution in [2.24, 2.45) is 5.92 Å². The first-order chi connectivity index (χ1) is 13.0. The topological polar surface area (TPSA) is 88.2 Å². The molecule has 1 aromatic rings. The lowest BCUT2D eigenvalue weighted by atomic mass is 9.98. The summed E-state index contributed by atoms with van der Waals surface area (Å²) in [5.74, 6) is 0.255. The number of methoxy groups -OCH3 is 1. The van der Waals surface area contributed by atoms with E-state index in [0.717, 1.165) is 11.3 Å². The molecule has 0 bridgehead atoms. The van der Waals surface area contributed by atoms with E-state index in [4.69, 9.17) is 9.47 Å². The highest BCUT2D eigenvalue weighted by Gasteiger charge is 2.36. The Morgan fingerprint density at radius 1 is 1.22 bits per heavy atom. The fourth-order valence-electron chi connectivity index (χ4n) is 3.48. The number of piperidine rings is 1. The van der Waals surface area contributed by atoms with E-state index < -0.39 is 10.2 Å². The molecule has 0 saturated carbocycles. The van der Waals surface area contributed by atoms with Crippen LogP contribution < -0.4 is 10.1 Å². The summed E-state index contributed by atoms with van der Waals surface area (Å²) in [6.07, 6.45) is 1.36. The lowest BCUT2D eigenvalue weighted by Crippen LogP contribution is -2.52. The van der Waals surface area contributed by atoms with Crippen molar-refractivity contribution in [2.75, 3.05) is 46.5 Å². The molecule has 0 spiro atoms. The van der Waals surface area contributed by atoms with Gasteiger partial charge in [0.25, 0.3) is 10.2 Å². The van der Waals surface area contributed by atoms with Crippen molar-refractivity contribution in [1.29, 1.82) is 0 Å². The number of hydrogen-bond donors (Lipinski definition) is 1. The summed E-state index contributed by atoms with van der Waals surface area (Å²) in [6.45, 7) is 2.59. The van der Waals surface area contributed by atoms with Gasteiger partial charge in [0.1, 0.15) is 5.75 Å². The van der Waals surface area contributed by atoms with Gasteiger partial charge in [0.05, 0.1) is 26.2 Å². The molecule has 0 aliphatic carbocycles. The fourth-order valence-corrected chi connectivity index (χ4v) is 5.15. The number of carbonyl (C=O) groups is 1. The Labute approximate surface area is 160 Å². The first-order valence-electron chi connectivity index (χ1n) is 9.25. The van der Waals surface area contributed by atoms with Crippen molar-refractivity contribution >= 4 is 16.1 Å². The van der Waals surface area contributed by atoms with Crippen LogP contribution in [-0.2, 0) is 26.3 Å². The molecule has 1 amide bonds. The molecular weight excluding hydrogens is 370 g/mol.